The smallest absolute Gasteiger partial charge is 0.410 e. The minimum Gasteiger partial charge on any atom is -0.481 e. The number of hydrogen-bond donors (Lipinski definition) is 15. The molecule has 1 saturated carbocycles. The van der Waals surface area contributed by atoms with Gasteiger partial charge < -0.3 is 108 Å². The molecule has 41 nitrogen and oxygen atoms in total. The molecule has 0 spiro atoms. The highest BCUT2D eigenvalue weighted by Crippen LogP contribution is 2.34. The Labute approximate surface area is 870 Å². The Kier molecular flexibility index (Phi) is 49.7. The predicted octanol–water partition coefficient (Wildman–Crippen LogP) is 7.21. The number of amides is 16. The molecule has 0 radical (unpaired) electrons. The second kappa shape index (κ2) is 60.9. The molecule has 3 aliphatic heterocycles. The molecular weight excluding hydrogens is 1930 g/mol. The van der Waals surface area contributed by atoms with Crippen LogP contribution in [0.3, 0.4) is 0 Å². The van der Waals surface area contributed by atoms with Gasteiger partial charge in [0.2, 0.25) is 76.8 Å². The number of thioether (sulfide) groups is 1. The molecule has 4 aromatic carbocycles. The standard InChI is InChI=1S/C106H156N16O25S/c1-13-65(6)92(82(145-11)57-86(125)120-53-27-34-80(120)94(146-12)66(7)95(131)112-67(8)93(130)72-30-17-14-18-31-72)118(9)102(138)90(63(2)3)117-100(136)91(64(4)5)119(10)106(144)147-61-69-41-46-75(47-42-69)113-99(135)81-35-28-54-121(81)88(127)60-111-85(124)37-20-16-26-52-122-87(126)58-83(101(122)137)148-62-76(107)97(133)108-50-24-15-19-36-84(123)110-59-68-38-44-73(45-39-68)96(132)114-79(56-70-40-43-71-29-21-22-32-74(71)55-70)98(134)109-51-25-23-33-77(103(139)140)115-105(143)116-78(104(141)142)48-49-89(128)129/h14,17-18,21-22,29-32,40-43,46-47,55,63-68,73,76-83,90-94,130H,13,15-16,19-20,23-28,33-39,44-45,48-54,56-62,107H2,1-12H3,(H,108,133)(H,109,134)(H,110,123)(H,111,124)(H,112,131)(H,113,135)(H,114,132)(H,117,136)(H,128,129)(H,139,140)(H,141,142)(H2,115,116,143)/t65-,66+,67+,68?,73?,76-,77-,78-,79-,80-,81-,82+,83?,90-,91-,92-,93+,94+/m0/s1. The summed E-state index contributed by atoms with van der Waals surface area (Å²) in [5.41, 5.74) is 8.65. The number of rotatable bonds is 61. The highest BCUT2D eigenvalue weighted by molar-refractivity contribution is 8.00. The number of anilines is 1. The van der Waals surface area contributed by atoms with Crippen molar-refractivity contribution in [3.05, 3.63) is 114 Å². The van der Waals surface area contributed by atoms with Gasteiger partial charge in [0.1, 0.15) is 42.9 Å². The van der Waals surface area contributed by atoms with Crippen molar-refractivity contribution >= 4 is 135 Å². The van der Waals surface area contributed by atoms with Crippen LogP contribution in [0.4, 0.5) is 15.3 Å². The Morgan fingerprint density at radius 1 is 0.574 bits per heavy atom. The number of likely N-dealkylation sites (tertiary alicyclic amines) is 3. The van der Waals surface area contributed by atoms with Gasteiger partial charge in [0.15, 0.2) is 0 Å². The van der Waals surface area contributed by atoms with E-state index in [4.69, 9.17) is 25.1 Å². The number of nitrogens with zero attached hydrogens (tertiary/aromatic N) is 5. The summed E-state index contributed by atoms with van der Waals surface area (Å²) in [5, 5.41) is 67.6. The number of carbonyl (C=O) groups excluding carboxylic acids is 15. The third-order valence-electron chi connectivity index (χ3n) is 28.4. The number of unbranched alkanes of at least 4 members (excludes halogenated alkanes) is 5. The van der Waals surface area contributed by atoms with Crippen molar-refractivity contribution in [2.75, 3.05) is 85.2 Å². The largest absolute Gasteiger partial charge is 0.481 e. The van der Waals surface area contributed by atoms with Gasteiger partial charge in [-0.3, -0.25) is 76.9 Å². The zero-order valence-electron chi connectivity index (χ0n) is 87.4. The van der Waals surface area contributed by atoms with Gasteiger partial charge in [0.25, 0.3) is 0 Å². The predicted molar refractivity (Wildman–Crippen MR) is 553 cm³/mol. The number of aliphatic hydroxyl groups is 1. The van der Waals surface area contributed by atoms with Gasteiger partial charge in [-0.05, 0) is 173 Å². The number of fused-ring (bicyclic) bond motifs is 1. The number of carbonyl (C=O) groups is 18. The van der Waals surface area contributed by atoms with Crippen LogP contribution in [0.25, 0.3) is 10.8 Å². The van der Waals surface area contributed by atoms with E-state index in [2.05, 4.69) is 53.2 Å². The SMILES string of the molecule is CC[C@H](C)[C@@H]([C@@H](CC(=O)N1CCC[C@H]1[C@H](OC)[C@@H](C)C(=O)N[C@H](C)[C@@H](O)c1ccccc1)OC)N(C)C(=O)[C@@H](NC(=O)[C@H](C(C)C)N(C)C(=O)OCc1ccc(NC(=O)[C@@H]2CCCN2C(=O)CNC(=O)CCCCCN2C(=O)CC(SC[C@H](N)C(=O)NCCCCCC(=O)NCC3CCC(C(=O)N[C@@H](Cc4ccc5ccccc5c4)C(=O)NCCCC[C@H](NC(=O)N[C@@H](CCC(=O)O)C(=O)O)C(=O)O)CC3)C2=O)cc1)C(C)C. The summed E-state index contributed by atoms with van der Waals surface area (Å²) in [7, 11) is 6.08. The molecule has 0 bridgehead atoms. The van der Waals surface area contributed by atoms with E-state index >= 15 is 0 Å². The maximum Gasteiger partial charge on any atom is 0.410 e. The summed E-state index contributed by atoms with van der Waals surface area (Å²) >= 11 is 1.13. The van der Waals surface area contributed by atoms with E-state index in [1.165, 1.54) is 36.0 Å². The lowest BCUT2D eigenvalue weighted by Crippen LogP contribution is -2.60. The van der Waals surface area contributed by atoms with Crippen LogP contribution in [0.5, 0.6) is 0 Å². The van der Waals surface area contributed by atoms with Gasteiger partial charge in [-0.25, -0.2) is 19.2 Å². The number of likely N-dealkylation sites (N-methyl/N-ethyl adjacent to an activating group) is 2. The number of imide groups is 1. The third-order valence-corrected chi connectivity index (χ3v) is 29.7. The molecule has 16 atom stereocenters. The Balaban J connectivity index is 0.665. The number of methoxy groups -OCH3 is 2. The number of ether oxygens (including phenoxy) is 3. The lowest BCUT2D eigenvalue weighted by molar-refractivity contribution is -0.148. The van der Waals surface area contributed by atoms with Crippen LogP contribution in [0, 0.1) is 35.5 Å². The first-order valence-electron chi connectivity index (χ1n) is 51.9. The molecule has 816 valence electrons. The maximum absolute atomic E-state index is 14.9. The van der Waals surface area contributed by atoms with Gasteiger partial charge in [0.05, 0.1) is 66.6 Å². The molecule has 3 saturated heterocycles. The Hall–Kier alpha value is -12.4. The summed E-state index contributed by atoms with van der Waals surface area (Å²) in [6, 6.07) is 18.4. The van der Waals surface area contributed by atoms with Crippen LogP contribution in [-0.4, -0.2) is 310 Å². The molecule has 16 N–H and O–H groups in total. The molecule has 8 rings (SSSR count). The van der Waals surface area contributed by atoms with Crippen LogP contribution in [-0.2, 0) is 104 Å². The van der Waals surface area contributed by atoms with Crippen molar-refractivity contribution in [3.8, 4) is 0 Å². The maximum atomic E-state index is 14.9. The van der Waals surface area contributed by atoms with E-state index in [1.807, 2.05) is 74.5 Å². The number of nitrogens with two attached hydrogens (primary N) is 1. The molecule has 0 aromatic heterocycles. The minimum atomic E-state index is -1.56. The van der Waals surface area contributed by atoms with Crippen LogP contribution >= 0.6 is 11.8 Å². The first-order valence-corrected chi connectivity index (χ1v) is 53.0. The number of aliphatic carboxylic acids is 3. The molecule has 4 aliphatic rings. The Bertz CT molecular complexity index is 5130. The zero-order chi connectivity index (χ0) is 109. The van der Waals surface area contributed by atoms with Crippen molar-refractivity contribution in [2.24, 2.45) is 41.2 Å². The summed E-state index contributed by atoms with van der Waals surface area (Å²) in [4.78, 5) is 246. The zero-order valence-corrected chi connectivity index (χ0v) is 88.2. The number of hydrogen-bond acceptors (Lipinski definition) is 24. The minimum absolute atomic E-state index is 0.0518. The van der Waals surface area contributed by atoms with Crippen molar-refractivity contribution < 1.29 is 121 Å². The molecular formula is C106H156N16O25S. The fourth-order valence-electron chi connectivity index (χ4n) is 19.5. The van der Waals surface area contributed by atoms with E-state index in [0.29, 0.717) is 139 Å². The average Bonchev–Trinajstić information content (AvgIpc) is 1.50. The Morgan fingerprint density at radius 2 is 1.19 bits per heavy atom. The molecule has 148 heavy (non-hydrogen) atoms. The third kappa shape index (κ3) is 37.1. The number of carboxylic acids is 3. The van der Waals surface area contributed by atoms with Gasteiger partial charge >= 0.3 is 30.0 Å². The van der Waals surface area contributed by atoms with Crippen LogP contribution < -0.4 is 58.9 Å². The van der Waals surface area contributed by atoms with Crippen molar-refractivity contribution in [1.82, 2.24) is 72.4 Å². The summed E-state index contributed by atoms with van der Waals surface area (Å²) < 4.78 is 17.8. The molecule has 1 unspecified atom stereocenters. The number of urea groups is 1. The molecule has 42 heteroatoms. The molecule has 4 aromatic rings. The molecule has 3 heterocycles. The van der Waals surface area contributed by atoms with Crippen molar-refractivity contribution in [3.63, 3.8) is 0 Å². The van der Waals surface area contributed by atoms with Crippen LogP contribution in [0.2, 0.25) is 0 Å². The number of aliphatic hydroxyl groups excluding tert-OH is 1. The highest BCUT2D eigenvalue weighted by atomic mass is 32.2. The van der Waals surface area contributed by atoms with E-state index in [1.54, 1.807) is 94.8 Å². The normalized spacial score (nSPS) is 18.8. The van der Waals surface area contributed by atoms with Crippen LogP contribution in [0.15, 0.2) is 97.1 Å². The second-order valence-corrected chi connectivity index (χ2v) is 41.3. The van der Waals surface area contributed by atoms with Gasteiger partial charge in [-0.15, -0.1) is 11.8 Å². The van der Waals surface area contributed by atoms with E-state index < -0.39 is 186 Å². The molecule has 1 aliphatic carbocycles. The lowest BCUT2D eigenvalue weighted by atomic mass is 9.81. The lowest BCUT2D eigenvalue weighted by Gasteiger charge is -2.41. The monoisotopic (exact) mass is 2090 g/mol. The van der Waals surface area contributed by atoms with Crippen molar-refractivity contribution in [2.45, 2.75) is 306 Å². The highest BCUT2D eigenvalue weighted by Gasteiger charge is 2.46. The summed E-state index contributed by atoms with van der Waals surface area (Å²) in [5.74, 6) is -11.0. The quantitative estimate of drug-likeness (QED) is 0.0153. The van der Waals surface area contributed by atoms with Gasteiger partial charge in [0, 0.05) is 117 Å². The molecule has 4 fully saturated rings. The fourth-order valence-corrected chi connectivity index (χ4v) is 20.7. The summed E-state index contributed by atoms with van der Waals surface area (Å²) in [6.07, 6.45) is 4.88. The Morgan fingerprint density at radius 3 is 1.82 bits per heavy atom. The van der Waals surface area contributed by atoms with Gasteiger partial charge in [-0.1, -0.05) is 153 Å². The first-order chi connectivity index (χ1) is 70.5. The van der Waals surface area contributed by atoms with E-state index in [9.17, 15) is 102 Å². The van der Waals surface area contributed by atoms with Crippen molar-refractivity contribution in [1.29, 1.82) is 0 Å². The second-order valence-electron chi connectivity index (χ2n) is 40.1. The van der Waals surface area contributed by atoms with Gasteiger partial charge in [-0.2, -0.15) is 0 Å². The number of carboxylic acid groups (broad SMARTS) is 3. The average molecular weight is 2090 g/mol. The van der Waals surface area contributed by atoms with Crippen LogP contribution in [0.1, 0.15) is 232 Å². The van der Waals surface area contributed by atoms with E-state index in [0.717, 1.165) is 28.1 Å². The first kappa shape index (κ1) is 121. The summed E-state index contributed by atoms with van der Waals surface area (Å²) in [6.45, 7) is 15.7. The number of nitrogens with one attached hydrogen (secondary N) is 10. The fraction of sp³-hybridized carbons (Fsp3) is 0.623. The van der Waals surface area contributed by atoms with E-state index in [-0.39, 0.29) is 137 Å². The topological polar surface area (TPSA) is 578 Å². The number of benzene rings is 4. The molecule has 16 amide bonds.